The number of hydrogen-bond donors (Lipinski definition) is 1. The molecule has 4 nitrogen and oxygen atoms in total. The van der Waals surface area contributed by atoms with E-state index >= 15 is 0 Å². The van der Waals surface area contributed by atoms with Gasteiger partial charge in [-0.3, -0.25) is 14.8 Å². The van der Waals surface area contributed by atoms with E-state index in [1.807, 2.05) is 30.3 Å². The number of carbonyl (C=O) groups is 1. The molecular formula is C16H13N3O. The summed E-state index contributed by atoms with van der Waals surface area (Å²) in [6.07, 6.45) is 3.36. The van der Waals surface area contributed by atoms with Crippen molar-refractivity contribution in [1.82, 2.24) is 15.3 Å². The van der Waals surface area contributed by atoms with Crippen LogP contribution in [0.3, 0.4) is 0 Å². The van der Waals surface area contributed by atoms with E-state index in [2.05, 4.69) is 15.3 Å². The zero-order chi connectivity index (χ0) is 13.8. The number of hydrogen-bond acceptors (Lipinski definition) is 3. The molecule has 1 N–H and O–H groups in total. The van der Waals surface area contributed by atoms with Crippen molar-refractivity contribution in [2.24, 2.45) is 0 Å². The number of carbonyl (C=O) groups excluding carboxylic acids is 1. The Morgan fingerprint density at radius 3 is 2.65 bits per heavy atom. The van der Waals surface area contributed by atoms with Gasteiger partial charge in [0, 0.05) is 24.3 Å². The van der Waals surface area contributed by atoms with E-state index in [0.29, 0.717) is 12.2 Å². The van der Waals surface area contributed by atoms with Gasteiger partial charge in [0.25, 0.3) is 5.91 Å². The minimum atomic E-state index is -0.182. The fourth-order valence-electron chi connectivity index (χ4n) is 2.07. The van der Waals surface area contributed by atoms with Gasteiger partial charge in [-0.1, -0.05) is 30.3 Å². The highest BCUT2D eigenvalue weighted by Crippen LogP contribution is 2.15. The van der Waals surface area contributed by atoms with Crippen molar-refractivity contribution in [3.05, 3.63) is 72.2 Å². The lowest BCUT2D eigenvalue weighted by Gasteiger charge is -2.07. The van der Waals surface area contributed by atoms with E-state index < -0.39 is 0 Å². The number of nitrogens with one attached hydrogen (secondary N) is 1. The molecule has 0 saturated carbocycles. The van der Waals surface area contributed by atoms with Crippen LogP contribution in [0.2, 0.25) is 0 Å². The second kappa shape index (κ2) is 5.48. The van der Waals surface area contributed by atoms with Crippen molar-refractivity contribution in [2.75, 3.05) is 0 Å². The Labute approximate surface area is 116 Å². The average Bonchev–Trinajstić information content (AvgIpc) is 2.53. The lowest BCUT2D eigenvalue weighted by Crippen LogP contribution is -2.23. The standard InChI is InChI=1S/C16H13N3O/c20-16(14-8-1-2-9-17-14)19-11-13-6-3-5-12-7-4-10-18-15(12)13/h1-10H,11H2,(H,19,20). The van der Waals surface area contributed by atoms with Gasteiger partial charge in [0.2, 0.25) is 0 Å². The molecule has 1 aromatic carbocycles. The van der Waals surface area contributed by atoms with E-state index in [4.69, 9.17) is 0 Å². The molecular weight excluding hydrogens is 250 g/mol. The molecule has 0 saturated heterocycles. The van der Waals surface area contributed by atoms with Crippen LogP contribution in [0.5, 0.6) is 0 Å². The second-order valence-corrected chi connectivity index (χ2v) is 4.39. The third kappa shape index (κ3) is 2.49. The summed E-state index contributed by atoms with van der Waals surface area (Å²) in [5.41, 5.74) is 2.32. The average molecular weight is 263 g/mol. The van der Waals surface area contributed by atoms with Crippen molar-refractivity contribution < 1.29 is 4.79 Å². The van der Waals surface area contributed by atoms with Gasteiger partial charge in [-0.2, -0.15) is 0 Å². The topological polar surface area (TPSA) is 54.9 Å². The number of fused-ring (bicyclic) bond motifs is 1. The third-order valence-corrected chi connectivity index (χ3v) is 3.05. The predicted molar refractivity (Wildman–Crippen MR) is 77.2 cm³/mol. The number of amides is 1. The fourth-order valence-corrected chi connectivity index (χ4v) is 2.07. The van der Waals surface area contributed by atoms with E-state index in [1.165, 1.54) is 0 Å². The monoisotopic (exact) mass is 263 g/mol. The first-order chi connectivity index (χ1) is 9.84. The molecule has 3 aromatic rings. The van der Waals surface area contributed by atoms with E-state index in [0.717, 1.165) is 16.5 Å². The van der Waals surface area contributed by atoms with Gasteiger partial charge < -0.3 is 5.32 Å². The molecule has 4 heteroatoms. The summed E-state index contributed by atoms with van der Waals surface area (Å²) in [7, 11) is 0. The maximum Gasteiger partial charge on any atom is 0.270 e. The first kappa shape index (κ1) is 12.3. The smallest absolute Gasteiger partial charge is 0.270 e. The first-order valence-corrected chi connectivity index (χ1v) is 6.36. The van der Waals surface area contributed by atoms with Crippen LogP contribution in [0.15, 0.2) is 60.9 Å². The summed E-state index contributed by atoms with van der Waals surface area (Å²) in [5.74, 6) is -0.182. The number of para-hydroxylation sites is 1. The largest absolute Gasteiger partial charge is 0.347 e. The summed E-state index contributed by atoms with van der Waals surface area (Å²) in [4.78, 5) is 20.4. The molecule has 0 aliphatic rings. The van der Waals surface area contributed by atoms with Gasteiger partial charge in [0.15, 0.2) is 0 Å². The fraction of sp³-hybridized carbons (Fsp3) is 0.0625. The van der Waals surface area contributed by atoms with Crippen LogP contribution in [0, 0.1) is 0 Å². The lowest BCUT2D eigenvalue weighted by atomic mass is 10.1. The Kier molecular flexibility index (Phi) is 3.37. The maximum atomic E-state index is 12.0. The van der Waals surface area contributed by atoms with Crippen LogP contribution < -0.4 is 5.32 Å². The summed E-state index contributed by atoms with van der Waals surface area (Å²) in [6, 6.07) is 15.1. The molecule has 3 rings (SSSR count). The van der Waals surface area contributed by atoms with Gasteiger partial charge in [0.05, 0.1) is 5.52 Å². The van der Waals surface area contributed by atoms with E-state index in [-0.39, 0.29) is 5.91 Å². The van der Waals surface area contributed by atoms with Crippen LogP contribution in [0.25, 0.3) is 10.9 Å². The Morgan fingerprint density at radius 1 is 0.950 bits per heavy atom. The Bertz CT molecular complexity index is 736. The molecule has 98 valence electrons. The minimum Gasteiger partial charge on any atom is -0.347 e. The molecule has 0 bridgehead atoms. The highest BCUT2D eigenvalue weighted by molar-refractivity contribution is 5.92. The maximum absolute atomic E-state index is 12.0. The third-order valence-electron chi connectivity index (χ3n) is 3.05. The molecule has 0 radical (unpaired) electrons. The SMILES string of the molecule is O=C(NCc1cccc2cccnc12)c1ccccn1. The van der Waals surface area contributed by atoms with Crippen molar-refractivity contribution in [3.8, 4) is 0 Å². The summed E-state index contributed by atoms with van der Waals surface area (Å²) in [5, 5.41) is 3.93. The Balaban J connectivity index is 1.79. The molecule has 1 amide bonds. The molecule has 0 fully saturated rings. The van der Waals surface area contributed by atoms with Gasteiger partial charge in [-0.05, 0) is 23.8 Å². The van der Waals surface area contributed by atoms with Crippen molar-refractivity contribution in [1.29, 1.82) is 0 Å². The van der Waals surface area contributed by atoms with Gasteiger partial charge in [-0.15, -0.1) is 0 Å². The molecule has 2 aromatic heterocycles. The van der Waals surface area contributed by atoms with Crippen molar-refractivity contribution in [3.63, 3.8) is 0 Å². The Hall–Kier alpha value is -2.75. The summed E-state index contributed by atoms with van der Waals surface area (Å²) < 4.78 is 0. The van der Waals surface area contributed by atoms with Gasteiger partial charge in [0.1, 0.15) is 5.69 Å². The molecule has 0 aliphatic carbocycles. The number of nitrogens with zero attached hydrogens (tertiary/aromatic N) is 2. The minimum absolute atomic E-state index is 0.182. The van der Waals surface area contributed by atoms with Gasteiger partial charge >= 0.3 is 0 Å². The molecule has 20 heavy (non-hydrogen) atoms. The highest BCUT2D eigenvalue weighted by Gasteiger charge is 2.07. The summed E-state index contributed by atoms with van der Waals surface area (Å²) in [6.45, 7) is 0.434. The number of aromatic nitrogens is 2. The lowest BCUT2D eigenvalue weighted by molar-refractivity contribution is 0.0946. The molecule has 0 unspecified atom stereocenters. The molecule has 0 atom stereocenters. The summed E-state index contributed by atoms with van der Waals surface area (Å²) >= 11 is 0. The number of benzene rings is 1. The van der Waals surface area contributed by atoms with Crippen LogP contribution in [-0.2, 0) is 6.54 Å². The van der Waals surface area contributed by atoms with Crippen molar-refractivity contribution in [2.45, 2.75) is 6.54 Å². The van der Waals surface area contributed by atoms with Crippen LogP contribution in [0.4, 0.5) is 0 Å². The molecule has 0 spiro atoms. The van der Waals surface area contributed by atoms with Gasteiger partial charge in [-0.25, -0.2) is 0 Å². The van der Waals surface area contributed by atoms with Crippen LogP contribution >= 0.6 is 0 Å². The van der Waals surface area contributed by atoms with Crippen LogP contribution in [-0.4, -0.2) is 15.9 Å². The Morgan fingerprint density at radius 2 is 1.80 bits per heavy atom. The zero-order valence-corrected chi connectivity index (χ0v) is 10.8. The zero-order valence-electron chi connectivity index (χ0n) is 10.8. The normalized spacial score (nSPS) is 10.4. The van der Waals surface area contributed by atoms with E-state index in [1.54, 1.807) is 30.6 Å². The van der Waals surface area contributed by atoms with E-state index in [9.17, 15) is 4.79 Å². The predicted octanol–water partition coefficient (Wildman–Crippen LogP) is 2.56. The highest BCUT2D eigenvalue weighted by atomic mass is 16.1. The van der Waals surface area contributed by atoms with Crippen LogP contribution in [0.1, 0.15) is 16.1 Å². The quantitative estimate of drug-likeness (QED) is 0.790. The first-order valence-electron chi connectivity index (χ1n) is 6.36. The second-order valence-electron chi connectivity index (χ2n) is 4.39. The van der Waals surface area contributed by atoms with Crippen molar-refractivity contribution >= 4 is 16.8 Å². The number of rotatable bonds is 3. The molecule has 0 aliphatic heterocycles. The number of pyridine rings is 2. The molecule has 2 heterocycles.